The van der Waals surface area contributed by atoms with Gasteiger partial charge in [0.2, 0.25) is 0 Å². The largest absolute Gasteiger partial charge is 0.239 e. The molecule has 0 unspecified atom stereocenters. The fraction of sp³-hybridized carbons (Fsp3) is 0. The normalized spacial score (nSPS) is 11.8. The summed E-state index contributed by atoms with van der Waals surface area (Å²) >= 11 is 0. The van der Waals surface area contributed by atoms with Crippen LogP contribution in [0.25, 0.3) is 71.0 Å². The third-order valence-corrected chi connectivity index (χ3v) is 7.58. The zero-order valence-electron chi connectivity index (χ0n) is 20.1. The molecule has 0 aliphatic rings. The van der Waals surface area contributed by atoms with E-state index in [1.807, 2.05) is 4.52 Å². The molecule has 0 spiro atoms. The molecule has 8 aromatic rings. The molecule has 0 radical (unpaired) electrons. The van der Waals surface area contributed by atoms with E-state index in [0.717, 1.165) is 22.3 Å². The predicted molar refractivity (Wildman–Crippen MR) is 156 cm³/mol. The van der Waals surface area contributed by atoms with Crippen molar-refractivity contribution in [3.63, 3.8) is 0 Å². The van der Waals surface area contributed by atoms with Crippen molar-refractivity contribution < 1.29 is 0 Å². The van der Waals surface area contributed by atoms with E-state index in [0.29, 0.717) is 0 Å². The molecule has 2 aromatic heterocycles. The highest BCUT2D eigenvalue weighted by Crippen LogP contribution is 2.41. The van der Waals surface area contributed by atoms with Gasteiger partial charge in [-0.05, 0) is 55.4 Å². The number of hydrogen-bond acceptors (Lipinski definition) is 1. The quantitative estimate of drug-likeness (QED) is 0.230. The molecule has 2 nitrogen and oxygen atoms in total. The van der Waals surface area contributed by atoms with Crippen LogP contribution in [-0.4, -0.2) is 9.61 Å². The number of aromatic nitrogens is 2. The smallest absolute Gasteiger partial charge is 0.101 e. The van der Waals surface area contributed by atoms with Gasteiger partial charge in [-0.25, -0.2) is 4.52 Å². The Bertz CT molecular complexity index is 2100. The third kappa shape index (κ3) is 3.03. The van der Waals surface area contributed by atoms with Gasteiger partial charge in [-0.3, -0.25) is 0 Å². The lowest BCUT2D eigenvalue weighted by Gasteiger charge is -2.12. The number of nitrogens with zero attached hydrogens (tertiary/aromatic N) is 2. The minimum Gasteiger partial charge on any atom is -0.239 e. The summed E-state index contributed by atoms with van der Waals surface area (Å²) in [5.74, 6) is 0. The predicted octanol–water partition coefficient (Wildman–Crippen LogP) is 9.28. The van der Waals surface area contributed by atoms with Crippen LogP contribution in [-0.2, 0) is 0 Å². The molecular formula is C35H22N2. The minimum absolute atomic E-state index is 1.00. The van der Waals surface area contributed by atoms with Crippen LogP contribution < -0.4 is 0 Å². The Morgan fingerprint density at radius 1 is 0.432 bits per heavy atom. The second-order valence-electron chi connectivity index (χ2n) is 9.67. The number of pyridine rings is 1. The van der Waals surface area contributed by atoms with E-state index < -0.39 is 0 Å². The van der Waals surface area contributed by atoms with Crippen LogP contribution in [0.1, 0.15) is 0 Å². The maximum Gasteiger partial charge on any atom is 0.101 e. The van der Waals surface area contributed by atoms with Gasteiger partial charge >= 0.3 is 0 Å². The topological polar surface area (TPSA) is 17.3 Å². The van der Waals surface area contributed by atoms with Crippen LogP contribution in [0.3, 0.4) is 0 Å². The second-order valence-corrected chi connectivity index (χ2v) is 9.67. The van der Waals surface area contributed by atoms with Gasteiger partial charge in [0.05, 0.1) is 5.52 Å². The van der Waals surface area contributed by atoms with Crippen molar-refractivity contribution in [3.05, 3.63) is 134 Å². The van der Waals surface area contributed by atoms with Crippen molar-refractivity contribution >= 4 is 48.6 Å². The molecule has 0 amide bonds. The average molecular weight is 471 g/mol. The maximum atomic E-state index is 5.12. The van der Waals surface area contributed by atoms with Crippen molar-refractivity contribution in [2.24, 2.45) is 0 Å². The van der Waals surface area contributed by atoms with Gasteiger partial charge in [-0.1, -0.05) is 115 Å². The Morgan fingerprint density at radius 3 is 1.70 bits per heavy atom. The van der Waals surface area contributed by atoms with E-state index in [1.54, 1.807) is 0 Å². The molecule has 2 heterocycles. The van der Waals surface area contributed by atoms with Gasteiger partial charge in [-0.15, -0.1) is 0 Å². The molecule has 172 valence electrons. The van der Waals surface area contributed by atoms with E-state index in [-0.39, 0.29) is 0 Å². The Labute approximate surface area is 214 Å². The number of benzene rings is 6. The molecule has 0 saturated heterocycles. The molecule has 0 aliphatic heterocycles. The Morgan fingerprint density at radius 2 is 1.00 bits per heavy atom. The first-order chi connectivity index (χ1) is 18.3. The van der Waals surface area contributed by atoms with Crippen LogP contribution in [0.5, 0.6) is 0 Å². The maximum absolute atomic E-state index is 5.12. The fourth-order valence-electron chi connectivity index (χ4n) is 5.87. The molecule has 37 heavy (non-hydrogen) atoms. The summed E-state index contributed by atoms with van der Waals surface area (Å²) in [5, 5.41) is 15.2. The van der Waals surface area contributed by atoms with Crippen LogP contribution in [0.15, 0.2) is 134 Å². The van der Waals surface area contributed by atoms with Crippen molar-refractivity contribution in [3.8, 4) is 22.4 Å². The third-order valence-electron chi connectivity index (χ3n) is 7.58. The summed E-state index contributed by atoms with van der Waals surface area (Å²) in [5.41, 5.74) is 5.57. The van der Waals surface area contributed by atoms with Crippen LogP contribution in [0.4, 0.5) is 0 Å². The van der Waals surface area contributed by atoms with Gasteiger partial charge in [0.1, 0.15) is 5.69 Å². The van der Waals surface area contributed by atoms with Crippen LogP contribution in [0.2, 0.25) is 0 Å². The molecule has 0 N–H and O–H groups in total. The first-order valence-corrected chi connectivity index (χ1v) is 12.7. The van der Waals surface area contributed by atoms with Crippen molar-refractivity contribution in [1.82, 2.24) is 9.61 Å². The summed E-state index contributed by atoms with van der Waals surface area (Å²) in [4.78, 5) is 0. The fourth-order valence-corrected chi connectivity index (χ4v) is 5.87. The van der Waals surface area contributed by atoms with E-state index >= 15 is 0 Å². The summed E-state index contributed by atoms with van der Waals surface area (Å²) < 4.78 is 2.04. The van der Waals surface area contributed by atoms with Crippen molar-refractivity contribution in [2.75, 3.05) is 0 Å². The highest BCUT2D eigenvalue weighted by Gasteiger charge is 2.18. The molecule has 6 aromatic carbocycles. The average Bonchev–Trinajstić information content (AvgIpc) is 3.34. The standard InChI is InChI=1S/C35H22N2/c1-2-10-23(11-3-1)35-34(33-21-24-12-4-5-13-26(24)22-37(33)36-35)25-18-19-31-29-16-7-6-14-27(29)28-15-8-9-17-30(28)32(31)20-25/h1-22H. The zero-order chi connectivity index (χ0) is 24.3. The van der Waals surface area contributed by atoms with E-state index in [4.69, 9.17) is 5.10 Å². The van der Waals surface area contributed by atoms with E-state index in [2.05, 4.69) is 134 Å². The number of fused-ring (bicyclic) bond motifs is 8. The van der Waals surface area contributed by atoms with Crippen molar-refractivity contribution in [1.29, 1.82) is 0 Å². The molecule has 2 heteroatoms. The zero-order valence-corrected chi connectivity index (χ0v) is 20.1. The Balaban J connectivity index is 1.51. The molecule has 0 atom stereocenters. The molecule has 8 rings (SSSR count). The monoisotopic (exact) mass is 470 g/mol. The van der Waals surface area contributed by atoms with E-state index in [1.165, 1.54) is 48.7 Å². The van der Waals surface area contributed by atoms with Crippen LogP contribution in [0, 0.1) is 0 Å². The molecular weight excluding hydrogens is 448 g/mol. The number of rotatable bonds is 2. The SMILES string of the molecule is c1ccc(-c2nn3cc4ccccc4cc3c2-c2ccc3c4ccccc4c4ccccc4c3c2)cc1. The van der Waals surface area contributed by atoms with Gasteiger partial charge in [0.25, 0.3) is 0 Å². The highest BCUT2D eigenvalue weighted by atomic mass is 15.2. The summed E-state index contributed by atoms with van der Waals surface area (Å²) in [6, 6.07) is 45.7. The van der Waals surface area contributed by atoms with Gasteiger partial charge in [-0.2, -0.15) is 5.10 Å². The second kappa shape index (κ2) is 7.78. The van der Waals surface area contributed by atoms with Gasteiger partial charge < -0.3 is 0 Å². The summed E-state index contributed by atoms with van der Waals surface area (Å²) in [6.45, 7) is 0. The lowest BCUT2D eigenvalue weighted by Crippen LogP contribution is -1.87. The Kier molecular flexibility index (Phi) is 4.26. The number of hydrogen-bond donors (Lipinski definition) is 0. The minimum atomic E-state index is 1.00. The van der Waals surface area contributed by atoms with Crippen LogP contribution >= 0.6 is 0 Å². The van der Waals surface area contributed by atoms with Crippen molar-refractivity contribution in [2.45, 2.75) is 0 Å². The Hall–Kier alpha value is -4.95. The van der Waals surface area contributed by atoms with Gasteiger partial charge in [0, 0.05) is 22.7 Å². The summed E-state index contributed by atoms with van der Waals surface area (Å²) in [7, 11) is 0. The van der Waals surface area contributed by atoms with E-state index in [9.17, 15) is 0 Å². The summed E-state index contributed by atoms with van der Waals surface area (Å²) in [6.07, 6.45) is 2.14. The first-order valence-electron chi connectivity index (χ1n) is 12.7. The lowest BCUT2D eigenvalue weighted by molar-refractivity contribution is 0.974. The molecule has 0 saturated carbocycles. The lowest BCUT2D eigenvalue weighted by atomic mass is 9.91. The van der Waals surface area contributed by atoms with Gasteiger partial charge in [0.15, 0.2) is 0 Å². The first kappa shape index (κ1) is 20.3. The molecule has 0 aliphatic carbocycles. The highest BCUT2D eigenvalue weighted by molar-refractivity contribution is 6.26. The molecule has 0 fully saturated rings. The molecule has 0 bridgehead atoms.